The molecule has 0 unspecified atom stereocenters. The van der Waals surface area contributed by atoms with Gasteiger partial charge in [-0.25, -0.2) is 4.98 Å². The molecule has 10 aromatic carbocycles. The average Bonchev–Trinajstić information content (AvgIpc) is 3.93. The van der Waals surface area contributed by atoms with Crippen molar-refractivity contribution in [1.82, 2.24) is 19.5 Å². The topological polar surface area (TPSA) is 43.6 Å². The highest BCUT2D eigenvalue weighted by Gasteiger charge is 2.23. The quantitative estimate of drug-likeness (QED) is 0.173. The van der Waals surface area contributed by atoms with Crippen LogP contribution in [0.3, 0.4) is 0 Å². The van der Waals surface area contributed by atoms with E-state index in [1.165, 1.54) is 64.5 Å². The van der Waals surface area contributed by atoms with Gasteiger partial charge in [0.2, 0.25) is 5.95 Å². The molecule has 13 aromatic rings. The van der Waals surface area contributed by atoms with E-state index in [9.17, 15) is 0 Å². The van der Waals surface area contributed by atoms with Gasteiger partial charge in [0.05, 0.1) is 11.0 Å². The lowest BCUT2D eigenvalue weighted by atomic mass is 9.98. The third kappa shape index (κ3) is 6.63. The highest BCUT2D eigenvalue weighted by molar-refractivity contribution is 7.26. The van der Waals surface area contributed by atoms with Gasteiger partial charge >= 0.3 is 0 Å². The van der Waals surface area contributed by atoms with Crippen LogP contribution in [0.4, 0.5) is 0 Å². The summed E-state index contributed by atoms with van der Waals surface area (Å²) in [6.45, 7) is 4.25. The Morgan fingerprint density at radius 3 is 1.72 bits per heavy atom. The summed E-state index contributed by atoms with van der Waals surface area (Å²) in [7, 11) is 0. The second-order valence-electron chi connectivity index (χ2n) is 16.7. The number of nitrogens with zero attached hydrogens (tertiary/aromatic N) is 4. The average molecular weight is 851 g/mol. The first-order chi connectivity index (χ1) is 32.1. The van der Waals surface area contributed by atoms with Crippen molar-refractivity contribution in [3.8, 4) is 51.0 Å². The van der Waals surface area contributed by atoms with E-state index in [0.717, 1.165) is 49.6 Å². The molecule has 0 amide bonds. The Morgan fingerprint density at radius 1 is 0.385 bits per heavy atom. The van der Waals surface area contributed by atoms with Gasteiger partial charge in [-0.3, -0.25) is 4.57 Å². The normalized spacial score (nSPS) is 11.6. The maximum Gasteiger partial charge on any atom is 0.238 e. The summed E-state index contributed by atoms with van der Waals surface area (Å²) in [5, 5.41) is 12.2. The minimum atomic E-state index is 0.572. The van der Waals surface area contributed by atoms with Crippen molar-refractivity contribution in [2.75, 3.05) is 0 Å². The van der Waals surface area contributed by atoms with Gasteiger partial charge in [0.25, 0.3) is 0 Å². The second-order valence-corrected chi connectivity index (χ2v) is 17.8. The van der Waals surface area contributed by atoms with Crippen LogP contribution in [0.1, 0.15) is 20.3 Å². The fourth-order valence-corrected chi connectivity index (χ4v) is 10.6. The SMILES string of the molecule is CCC.c1ccc(-c2ccc(-c3nc(-c4ccc5ccccc5c4)nc(-n4c5ccc6ccccc6c5c5cccc(-c6ccc7c(c6)sc6ccc8ccccc8c67)c54)n3)cc2)cc1. The molecule has 0 saturated heterocycles. The zero-order valence-electron chi connectivity index (χ0n) is 36.0. The largest absolute Gasteiger partial charge is 0.277 e. The number of thiophene rings is 1. The number of aromatic nitrogens is 4. The maximum absolute atomic E-state index is 5.41. The molecule has 4 nitrogen and oxygen atoms in total. The Hall–Kier alpha value is -7.99. The standard InChI is InChI=1S/C57H34N4S.C3H8/c1-2-11-35(12-3-1)37-21-24-40(25-22-37)55-58-56(43-26-23-36-13-4-5-16-41(36)33-43)60-57(59-55)61-49-31-28-38-14-6-8-17-44(38)52(49)48-20-10-19-46(54(48)61)42-27-30-47-51(34-42)62-50-32-29-39-15-7-9-18-45(39)53(47)50;1-3-2/h1-34H;3H2,1-2H3. The van der Waals surface area contributed by atoms with Crippen molar-refractivity contribution >= 4 is 85.6 Å². The van der Waals surface area contributed by atoms with Gasteiger partial charge in [-0.1, -0.05) is 202 Å². The van der Waals surface area contributed by atoms with Crippen LogP contribution in [0.15, 0.2) is 206 Å². The predicted molar refractivity (Wildman–Crippen MR) is 277 cm³/mol. The van der Waals surface area contributed by atoms with E-state index >= 15 is 0 Å². The van der Waals surface area contributed by atoms with Gasteiger partial charge in [-0.15, -0.1) is 11.3 Å². The van der Waals surface area contributed by atoms with Crippen LogP contribution in [0.2, 0.25) is 0 Å². The summed E-state index contributed by atoms with van der Waals surface area (Å²) in [5.41, 5.74) is 8.53. The molecule has 0 aliphatic heterocycles. The number of rotatable bonds is 5. The van der Waals surface area contributed by atoms with Crippen LogP contribution in [0, 0.1) is 0 Å². The van der Waals surface area contributed by atoms with Gasteiger partial charge in [0.1, 0.15) is 0 Å². The zero-order valence-corrected chi connectivity index (χ0v) is 36.9. The second kappa shape index (κ2) is 16.0. The third-order valence-electron chi connectivity index (χ3n) is 12.4. The molecule has 0 saturated carbocycles. The van der Waals surface area contributed by atoms with Crippen molar-refractivity contribution in [2.45, 2.75) is 20.3 Å². The van der Waals surface area contributed by atoms with Crippen molar-refractivity contribution < 1.29 is 0 Å². The Bertz CT molecular complexity index is 3940. The molecule has 3 heterocycles. The third-order valence-corrected chi connectivity index (χ3v) is 13.5. The molecule has 0 spiro atoms. The molecule has 308 valence electrons. The van der Waals surface area contributed by atoms with Crippen LogP contribution in [-0.4, -0.2) is 19.5 Å². The Kier molecular flexibility index (Phi) is 9.50. The van der Waals surface area contributed by atoms with Crippen LogP contribution in [-0.2, 0) is 0 Å². The molecule has 13 rings (SSSR count). The molecule has 0 radical (unpaired) electrons. The van der Waals surface area contributed by atoms with Gasteiger partial charge in [-0.05, 0) is 73.3 Å². The molecular weight excluding hydrogens is 809 g/mol. The fourth-order valence-electron chi connectivity index (χ4n) is 9.48. The lowest BCUT2D eigenvalue weighted by Crippen LogP contribution is -2.07. The van der Waals surface area contributed by atoms with E-state index in [2.05, 4.69) is 219 Å². The van der Waals surface area contributed by atoms with E-state index in [1.54, 1.807) is 0 Å². The van der Waals surface area contributed by atoms with Crippen molar-refractivity contribution in [1.29, 1.82) is 0 Å². The highest BCUT2D eigenvalue weighted by Crippen LogP contribution is 2.44. The molecular formula is C60H42N4S. The molecule has 0 fully saturated rings. The van der Waals surface area contributed by atoms with E-state index in [-0.39, 0.29) is 0 Å². The van der Waals surface area contributed by atoms with Gasteiger partial charge in [0, 0.05) is 47.6 Å². The van der Waals surface area contributed by atoms with Gasteiger partial charge < -0.3 is 0 Å². The smallest absolute Gasteiger partial charge is 0.238 e. The van der Waals surface area contributed by atoms with E-state index in [4.69, 9.17) is 15.0 Å². The minimum absolute atomic E-state index is 0.572. The Labute approximate surface area is 380 Å². The highest BCUT2D eigenvalue weighted by atomic mass is 32.1. The number of hydrogen-bond donors (Lipinski definition) is 0. The molecule has 0 atom stereocenters. The van der Waals surface area contributed by atoms with Crippen LogP contribution < -0.4 is 0 Å². The first-order valence-corrected chi connectivity index (χ1v) is 23.2. The van der Waals surface area contributed by atoms with Crippen molar-refractivity contribution in [3.05, 3.63) is 206 Å². The van der Waals surface area contributed by atoms with Crippen LogP contribution in [0.25, 0.3) is 125 Å². The lowest BCUT2D eigenvalue weighted by molar-refractivity contribution is 0.954. The Morgan fingerprint density at radius 2 is 0.954 bits per heavy atom. The lowest BCUT2D eigenvalue weighted by Gasteiger charge is -2.13. The molecule has 5 heteroatoms. The molecule has 65 heavy (non-hydrogen) atoms. The minimum Gasteiger partial charge on any atom is -0.277 e. The zero-order chi connectivity index (χ0) is 43.4. The van der Waals surface area contributed by atoms with Crippen molar-refractivity contribution in [2.24, 2.45) is 0 Å². The first kappa shape index (κ1) is 38.7. The maximum atomic E-state index is 5.41. The van der Waals surface area contributed by atoms with Gasteiger partial charge in [-0.2, -0.15) is 9.97 Å². The molecule has 0 aliphatic rings. The number of para-hydroxylation sites is 1. The summed E-state index contributed by atoms with van der Waals surface area (Å²) in [6.07, 6.45) is 1.25. The summed E-state index contributed by atoms with van der Waals surface area (Å²) in [6, 6.07) is 73.9. The summed E-state index contributed by atoms with van der Waals surface area (Å²) in [4.78, 5) is 16.0. The summed E-state index contributed by atoms with van der Waals surface area (Å²) < 4.78 is 4.84. The van der Waals surface area contributed by atoms with Crippen molar-refractivity contribution in [3.63, 3.8) is 0 Å². The number of fused-ring (bicyclic) bond motifs is 11. The fraction of sp³-hybridized carbons (Fsp3) is 0.0500. The monoisotopic (exact) mass is 850 g/mol. The molecule has 0 N–H and O–H groups in total. The van der Waals surface area contributed by atoms with Crippen LogP contribution >= 0.6 is 11.3 Å². The first-order valence-electron chi connectivity index (χ1n) is 22.3. The van der Waals surface area contributed by atoms with E-state index in [1.807, 2.05) is 17.4 Å². The predicted octanol–water partition coefficient (Wildman–Crippen LogP) is 16.9. The summed E-state index contributed by atoms with van der Waals surface area (Å²) >= 11 is 1.86. The van der Waals surface area contributed by atoms with Crippen LogP contribution in [0.5, 0.6) is 0 Å². The molecule has 0 aliphatic carbocycles. The summed E-state index contributed by atoms with van der Waals surface area (Å²) in [5.74, 6) is 1.81. The number of benzene rings is 10. The van der Waals surface area contributed by atoms with Gasteiger partial charge in [0.15, 0.2) is 11.6 Å². The van der Waals surface area contributed by atoms with E-state index in [0.29, 0.717) is 17.6 Å². The molecule has 3 aromatic heterocycles. The number of hydrogen-bond acceptors (Lipinski definition) is 4. The van der Waals surface area contributed by atoms with E-state index < -0.39 is 0 Å². The Balaban J connectivity index is 0.00000144. The molecule has 0 bridgehead atoms.